The van der Waals surface area contributed by atoms with Crippen molar-refractivity contribution in [2.24, 2.45) is 0 Å². The second kappa shape index (κ2) is 4.35. The normalized spacial score (nSPS) is 14.8. The number of fused-ring (bicyclic) bond motifs is 1. The van der Waals surface area contributed by atoms with Gasteiger partial charge in [-0.15, -0.1) is 0 Å². The molecule has 1 nitrogen and oxygen atoms in total. The molecule has 0 fully saturated rings. The lowest BCUT2D eigenvalue weighted by atomic mass is 10.0. The molecule has 0 amide bonds. The maximum Gasteiger partial charge on any atom is 0.166 e. The largest absolute Gasteiger partial charge is 0.454 e. The molecule has 2 rings (SSSR count). The maximum atomic E-state index is 13.6. The van der Waals surface area contributed by atoms with Crippen molar-refractivity contribution in [2.45, 2.75) is 12.8 Å². The first-order valence-electron chi connectivity index (χ1n) is 5.19. The summed E-state index contributed by atoms with van der Waals surface area (Å²) in [5.41, 5.74) is 1.85. The van der Waals surface area contributed by atoms with Crippen molar-refractivity contribution in [1.82, 2.24) is 0 Å². The molecule has 0 spiro atoms. The minimum atomic E-state index is -0.331. The summed E-state index contributed by atoms with van der Waals surface area (Å²) < 4.78 is 19.1. The zero-order chi connectivity index (χ0) is 11.5. The van der Waals surface area contributed by atoms with E-state index in [9.17, 15) is 4.39 Å². The molecule has 1 aliphatic rings. The highest BCUT2D eigenvalue weighted by atomic mass is 19.1. The first kappa shape index (κ1) is 10.7. The molecule has 2 heteroatoms. The van der Waals surface area contributed by atoms with Crippen LogP contribution in [-0.4, -0.2) is 0 Å². The predicted molar refractivity (Wildman–Crippen MR) is 62.8 cm³/mol. The highest BCUT2D eigenvalue weighted by Gasteiger charge is 2.17. The van der Waals surface area contributed by atoms with Gasteiger partial charge in [-0.1, -0.05) is 31.4 Å². The van der Waals surface area contributed by atoms with Gasteiger partial charge in [-0.3, -0.25) is 0 Å². The maximum absolute atomic E-state index is 13.6. The number of para-hydroxylation sites is 1. The van der Waals surface area contributed by atoms with Gasteiger partial charge in [-0.2, -0.15) is 0 Å². The Labute approximate surface area is 94.6 Å². The SMILES string of the molecule is C=CC1=C(C=C)Oc2c(F)cccc2CC1. The predicted octanol–water partition coefficient (Wildman–Crippen LogP) is 3.78. The number of hydrogen-bond acceptors (Lipinski definition) is 1. The van der Waals surface area contributed by atoms with Crippen LogP contribution < -0.4 is 4.74 Å². The van der Waals surface area contributed by atoms with Crippen LogP contribution in [0.4, 0.5) is 4.39 Å². The summed E-state index contributed by atoms with van der Waals surface area (Å²) in [6.45, 7) is 7.40. The third kappa shape index (κ3) is 1.78. The van der Waals surface area contributed by atoms with E-state index in [0.717, 1.165) is 24.0 Å². The van der Waals surface area contributed by atoms with Crippen LogP contribution in [0.1, 0.15) is 12.0 Å². The molecule has 82 valence electrons. The summed E-state index contributed by atoms with van der Waals surface area (Å²) in [5, 5.41) is 0. The van der Waals surface area contributed by atoms with Crippen molar-refractivity contribution in [1.29, 1.82) is 0 Å². The van der Waals surface area contributed by atoms with Crippen molar-refractivity contribution in [2.75, 3.05) is 0 Å². The van der Waals surface area contributed by atoms with Gasteiger partial charge >= 0.3 is 0 Å². The Morgan fingerprint density at radius 2 is 2.00 bits per heavy atom. The molecular weight excluding hydrogens is 203 g/mol. The smallest absolute Gasteiger partial charge is 0.166 e. The number of aryl methyl sites for hydroxylation is 1. The second-order valence-corrected chi connectivity index (χ2v) is 3.63. The average Bonchev–Trinajstić information content (AvgIpc) is 2.48. The Morgan fingerprint density at radius 3 is 2.69 bits per heavy atom. The van der Waals surface area contributed by atoms with Gasteiger partial charge in [0.05, 0.1) is 0 Å². The van der Waals surface area contributed by atoms with E-state index in [0.29, 0.717) is 11.5 Å². The summed E-state index contributed by atoms with van der Waals surface area (Å²) in [6.07, 6.45) is 4.88. The number of halogens is 1. The highest BCUT2D eigenvalue weighted by Crippen LogP contribution is 2.31. The molecule has 0 unspecified atom stereocenters. The van der Waals surface area contributed by atoms with E-state index in [1.54, 1.807) is 18.2 Å². The van der Waals surface area contributed by atoms with Crippen molar-refractivity contribution >= 4 is 0 Å². The highest BCUT2D eigenvalue weighted by molar-refractivity contribution is 5.42. The quantitative estimate of drug-likeness (QED) is 0.731. The van der Waals surface area contributed by atoms with E-state index >= 15 is 0 Å². The van der Waals surface area contributed by atoms with Crippen molar-refractivity contribution in [3.63, 3.8) is 0 Å². The molecule has 0 aromatic heterocycles. The zero-order valence-electron chi connectivity index (χ0n) is 9.00. The Bertz CT molecular complexity index is 472. The molecule has 1 heterocycles. The second-order valence-electron chi connectivity index (χ2n) is 3.63. The molecule has 0 saturated carbocycles. The summed E-state index contributed by atoms with van der Waals surface area (Å²) in [5.74, 6) is 0.579. The van der Waals surface area contributed by atoms with Crippen LogP contribution >= 0.6 is 0 Å². The molecule has 16 heavy (non-hydrogen) atoms. The van der Waals surface area contributed by atoms with Gasteiger partial charge in [-0.05, 0) is 36.1 Å². The lowest BCUT2D eigenvalue weighted by molar-refractivity contribution is 0.408. The third-order valence-corrected chi connectivity index (χ3v) is 2.67. The van der Waals surface area contributed by atoms with Crippen molar-refractivity contribution in [3.8, 4) is 5.75 Å². The Morgan fingerprint density at radius 1 is 1.19 bits per heavy atom. The summed E-state index contributed by atoms with van der Waals surface area (Å²) in [4.78, 5) is 0. The number of rotatable bonds is 2. The van der Waals surface area contributed by atoms with Gasteiger partial charge in [0.2, 0.25) is 0 Å². The number of benzene rings is 1. The first-order valence-corrected chi connectivity index (χ1v) is 5.19. The average molecular weight is 216 g/mol. The van der Waals surface area contributed by atoms with Crippen LogP contribution in [0.2, 0.25) is 0 Å². The van der Waals surface area contributed by atoms with Gasteiger partial charge in [0.1, 0.15) is 5.76 Å². The molecule has 1 aliphatic heterocycles. The van der Waals surface area contributed by atoms with Gasteiger partial charge < -0.3 is 4.74 Å². The molecule has 0 atom stereocenters. The molecule has 0 radical (unpaired) electrons. The Kier molecular flexibility index (Phi) is 2.91. The van der Waals surface area contributed by atoms with Crippen molar-refractivity contribution < 1.29 is 9.13 Å². The minimum Gasteiger partial charge on any atom is -0.454 e. The van der Waals surface area contributed by atoms with E-state index in [1.165, 1.54) is 6.07 Å². The lowest BCUT2D eigenvalue weighted by Gasteiger charge is -2.09. The molecule has 1 aromatic rings. The standard InChI is InChI=1S/C14H13FO/c1-3-10-8-9-11-6-5-7-12(15)14(11)16-13(10)4-2/h3-7H,1-2,8-9H2. The van der Waals surface area contributed by atoms with Crippen LogP contribution in [0.3, 0.4) is 0 Å². The number of allylic oxidation sites excluding steroid dienone is 3. The summed E-state index contributed by atoms with van der Waals surface area (Å²) in [7, 11) is 0. The Hall–Kier alpha value is -1.83. The van der Waals surface area contributed by atoms with Crippen LogP contribution in [-0.2, 0) is 6.42 Å². The van der Waals surface area contributed by atoms with E-state index in [4.69, 9.17) is 4.74 Å². The van der Waals surface area contributed by atoms with Gasteiger partial charge in [0, 0.05) is 0 Å². The topological polar surface area (TPSA) is 9.23 Å². The van der Waals surface area contributed by atoms with Gasteiger partial charge in [-0.25, -0.2) is 4.39 Å². The van der Waals surface area contributed by atoms with Crippen LogP contribution in [0.15, 0.2) is 54.8 Å². The summed E-state index contributed by atoms with van der Waals surface area (Å²) >= 11 is 0. The molecule has 1 aromatic carbocycles. The van der Waals surface area contributed by atoms with Gasteiger partial charge in [0.25, 0.3) is 0 Å². The molecule has 0 saturated heterocycles. The monoisotopic (exact) mass is 216 g/mol. The molecular formula is C14H13FO. The van der Waals surface area contributed by atoms with Crippen LogP contribution in [0.5, 0.6) is 5.75 Å². The fraction of sp³-hybridized carbons (Fsp3) is 0.143. The molecule has 0 N–H and O–H groups in total. The van der Waals surface area contributed by atoms with E-state index < -0.39 is 0 Å². The summed E-state index contributed by atoms with van der Waals surface area (Å²) in [6, 6.07) is 4.98. The fourth-order valence-electron chi connectivity index (χ4n) is 1.81. The van der Waals surface area contributed by atoms with E-state index in [2.05, 4.69) is 13.2 Å². The van der Waals surface area contributed by atoms with Crippen LogP contribution in [0, 0.1) is 5.82 Å². The number of ether oxygens (including phenoxy) is 1. The van der Waals surface area contributed by atoms with Gasteiger partial charge in [0.15, 0.2) is 11.6 Å². The third-order valence-electron chi connectivity index (χ3n) is 2.67. The number of hydrogen-bond donors (Lipinski definition) is 0. The van der Waals surface area contributed by atoms with E-state index in [-0.39, 0.29) is 5.82 Å². The minimum absolute atomic E-state index is 0.314. The molecule has 0 aliphatic carbocycles. The first-order chi connectivity index (χ1) is 7.76. The lowest BCUT2D eigenvalue weighted by Crippen LogP contribution is -1.97. The zero-order valence-corrected chi connectivity index (χ0v) is 9.00. The van der Waals surface area contributed by atoms with Crippen LogP contribution in [0.25, 0.3) is 0 Å². The van der Waals surface area contributed by atoms with E-state index in [1.807, 2.05) is 6.07 Å². The fourth-order valence-corrected chi connectivity index (χ4v) is 1.81. The Balaban J connectivity index is 2.50. The molecule has 0 bridgehead atoms. The van der Waals surface area contributed by atoms with Crippen molar-refractivity contribution in [3.05, 3.63) is 66.2 Å².